The number of rotatable bonds is 5. The van der Waals surface area contributed by atoms with Gasteiger partial charge in [0.2, 0.25) is 5.91 Å². The number of amides is 2. The molecule has 1 aromatic heterocycles. The van der Waals surface area contributed by atoms with E-state index < -0.39 is 0 Å². The minimum absolute atomic E-state index is 0.00746. The van der Waals surface area contributed by atoms with Crippen molar-refractivity contribution in [3.63, 3.8) is 0 Å². The van der Waals surface area contributed by atoms with E-state index in [1.807, 2.05) is 0 Å². The van der Waals surface area contributed by atoms with Crippen molar-refractivity contribution in [3.05, 3.63) is 52.8 Å². The summed E-state index contributed by atoms with van der Waals surface area (Å²) in [5.74, 6) is -0.673. The number of phenols is 1. The summed E-state index contributed by atoms with van der Waals surface area (Å²) in [5, 5.41) is 25.4. The van der Waals surface area contributed by atoms with Crippen molar-refractivity contribution in [2.75, 3.05) is 5.32 Å². The minimum Gasteiger partial charge on any atom is -0.508 e. The largest absolute Gasteiger partial charge is 0.508 e. The topological polar surface area (TPSA) is 112 Å². The van der Waals surface area contributed by atoms with E-state index in [1.165, 1.54) is 24.4 Å². The molecule has 8 heteroatoms. The summed E-state index contributed by atoms with van der Waals surface area (Å²) in [6.07, 6.45) is 3.91. The van der Waals surface area contributed by atoms with Gasteiger partial charge in [-0.3, -0.25) is 14.6 Å². The molecular weight excluding hydrogens is 382 g/mol. The Hall–Kier alpha value is -2.64. The van der Waals surface area contributed by atoms with Crippen LogP contribution in [0.2, 0.25) is 5.02 Å². The highest BCUT2D eigenvalue weighted by Crippen LogP contribution is 2.22. The van der Waals surface area contributed by atoms with Gasteiger partial charge in [0.1, 0.15) is 11.4 Å². The molecule has 1 aromatic carbocycles. The highest BCUT2D eigenvalue weighted by Gasteiger charge is 2.22. The fraction of sp³-hybridized carbons (Fsp3) is 0.350. The lowest BCUT2D eigenvalue weighted by atomic mass is 9.93. The first kappa shape index (κ1) is 20.1. The van der Waals surface area contributed by atoms with Gasteiger partial charge in [0.05, 0.1) is 12.5 Å². The molecule has 0 saturated heterocycles. The number of phenolic OH excluding ortho intramolecular Hbond substituents is 1. The van der Waals surface area contributed by atoms with Crippen molar-refractivity contribution < 1.29 is 19.8 Å². The van der Waals surface area contributed by atoms with Gasteiger partial charge in [-0.2, -0.15) is 0 Å². The molecule has 0 bridgehead atoms. The zero-order valence-corrected chi connectivity index (χ0v) is 15.9. The Bertz CT molecular complexity index is 866. The van der Waals surface area contributed by atoms with Gasteiger partial charge in [-0.25, -0.2) is 0 Å². The summed E-state index contributed by atoms with van der Waals surface area (Å²) in [6.45, 7) is 0. The number of hydrogen-bond acceptors (Lipinski definition) is 5. The van der Waals surface area contributed by atoms with E-state index in [0.717, 1.165) is 12.8 Å². The van der Waals surface area contributed by atoms with Crippen LogP contribution >= 0.6 is 11.6 Å². The van der Waals surface area contributed by atoms with Gasteiger partial charge >= 0.3 is 0 Å². The molecule has 4 N–H and O–H groups in total. The van der Waals surface area contributed by atoms with Crippen LogP contribution < -0.4 is 10.6 Å². The SMILES string of the molecule is O=C(Cc1cc(Cl)ccc1O)Nc1ccnc(C(=O)N[C@H]2CC[C@@H](O)CC2)c1. The van der Waals surface area contributed by atoms with Crippen LogP contribution in [0.15, 0.2) is 36.5 Å². The van der Waals surface area contributed by atoms with Crippen LogP contribution in [0.3, 0.4) is 0 Å². The first-order valence-electron chi connectivity index (χ1n) is 9.13. The number of benzene rings is 1. The van der Waals surface area contributed by atoms with E-state index in [2.05, 4.69) is 15.6 Å². The lowest BCUT2D eigenvalue weighted by Gasteiger charge is -2.26. The molecule has 7 nitrogen and oxygen atoms in total. The minimum atomic E-state index is -0.351. The molecule has 0 unspecified atom stereocenters. The van der Waals surface area contributed by atoms with Crippen LogP contribution in [-0.2, 0) is 11.2 Å². The molecule has 1 saturated carbocycles. The van der Waals surface area contributed by atoms with E-state index >= 15 is 0 Å². The Kier molecular flexibility index (Phi) is 6.49. The smallest absolute Gasteiger partial charge is 0.270 e. The number of aromatic hydroxyl groups is 1. The van der Waals surface area contributed by atoms with E-state index in [1.54, 1.807) is 12.1 Å². The average Bonchev–Trinajstić information content (AvgIpc) is 2.66. The summed E-state index contributed by atoms with van der Waals surface area (Å²) in [6, 6.07) is 7.61. The van der Waals surface area contributed by atoms with Gasteiger partial charge in [0, 0.05) is 28.5 Å². The molecule has 148 valence electrons. The Morgan fingerprint density at radius 1 is 1.14 bits per heavy atom. The summed E-state index contributed by atoms with van der Waals surface area (Å²) in [7, 11) is 0. The number of nitrogens with one attached hydrogen (secondary N) is 2. The number of aromatic nitrogens is 1. The Morgan fingerprint density at radius 2 is 1.89 bits per heavy atom. The molecule has 1 fully saturated rings. The van der Waals surface area contributed by atoms with E-state index in [4.69, 9.17) is 11.6 Å². The number of anilines is 1. The molecule has 0 aliphatic heterocycles. The van der Waals surface area contributed by atoms with Crippen molar-refractivity contribution >= 4 is 29.1 Å². The van der Waals surface area contributed by atoms with Crippen molar-refractivity contribution in [2.24, 2.45) is 0 Å². The molecule has 28 heavy (non-hydrogen) atoms. The van der Waals surface area contributed by atoms with Gasteiger partial charge in [-0.05, 0) is 56.0 Å². The maximum Gasteiger partial charge on any atom is 0.270 e. The van der Waals surface area contributed by atoms with Crippen LogP contribution in [0.4, 0.5) is 5.69 Å². The van der Waals surface area contributed by atoms with Crippen molar-refractivity contribution in [3.8, 4) is 5.75 Å². The first-order chi connectivity index (χ1) is 13.4. The molecule has 0 radical (unpaired) electrons. The van der Waals surface area contributed by atoms with Crippen molar-refractivity contribution in [2.45, 2.75) is 44.2 Å². The number of aliphatic hydroxyl groups is 1. The number of aliphatic hydroxyl groups excluding tert-OH is 1. The Labute approximate surface area is 167 Å². The molecule has 0 spiro atoms. The monoisotopic (exact) mass is 403 g/mol. The maximum atomic E-state index is 12.4. The van der Waals surface area contributed by atoms with Gasteiger partial charge in [-0.15, -0.1) is 0 Å². The summed E-state index contributed by atoms with van der Waals surface area (Å²) in [5.41, 5.74) is 1.05. The quantitative estimate of drug-likeness (QED) is 0.613. The normalized spacial score (nSPS) is 19.1. The van der Waals surface area contributed by atoms with Crippen LogP contribution in [0.1, 0.15) is 41.7 Å². The number of carbonyl (C=O) groups excluding carboxylic acids is 2. The van der Waals surface area contributed by atoms with Gasteiger partial charge in [-0.1, -0.05) is 11.6 Å². The summed E-state index contributed by atoms with van der Waals surface area (Å²) >= 11 is 5.89. The number of nitrogens with zero attached hydrogens (tertiary/aromatic N) is 1. The Balaban J connectivity index is 1.60. The zero-order chi connectivity index (χ0) is 20.1. The first-order valence-corrected chi connectivity index (χ1v) is 9.50. The third kappa shape index (κ3) is 5.43. The Morgan fingerprint density at radius 3 is 2.64 bits per heavy atom. The second kappa shape index (κ2) is 9.03. The summed E-state index contributed by atoms with van der Waals surface area (Å²) in [4.78, 5) is 28.7. The number of halogens is 1. The molecule has 3 rings (SSSR count). The van der Waals surface area contributed by atoms with Crippen molar-refractivity contribution in [1.29, 1.82) is 0 Å². The lowest BCUT2D eigenvalue weighted by molar-refractivity contribution is -0.115. The predicted octanol–water partition coefficient (Wildman–Crippen LogP) is 2.66. The fourth-order valence-electron chi connectivity index (χ4n) is 3.19. The fourth-order valence-corrected chi connectivity index (χ4v) is 3.38. The van der Waals surface area contributed by atoms with Gasteiger partial charge < -0.3 is 20.8 Å². The molecule has 1 aliphatic carbocycles. The third-order valence-electron chi connectivity index (χ3n) is 4.70. The maximum absolute atomic E-state index is 12.4. The second-order valence-corrected chi connectivity index (χ2v) is 7.34. The zero-order valence-electron chi connectivity index (χ0n) is 15.2. The molecule has 1 aliphatic rings. The molecule has 2 aromatic rings. The average molecular weight is 404 g/mol. The standard InChI is InChI=1S/C20H22ClN3O4/c21-13-1-6-18(26)12(9-13)10-19(27)23-15-7-8-22-17(11-15)20(28)24-14-2-4-16(25)5-3-14/h1,6-9,11,14,16,25-26H,2-5,10H2,(H,24,28)(H,22,23,27)/t14-,16+. The van der Waals surface area contributed by atoms with Crippen LogP contribution in [0, 0.1) is 0 Å². The molecule has 2 amide bonds. The highest BCUT2D eigenvalue weighted by molar-refractivity contribution is 6.30. The second-order valence-electron chi connectivity index (χ2n) is 6.91. The van der Waals surface area contributed by atoms with E-state index in [9.17, 15) is 19.8 Å². The number of carbonyl (C=O) groups is 2. The van der Waals surface area contributed by atoms with E-state index in [0.29, 0.717) is 29.1 Å². The molecule has 0 atom stereocenters. The van der Waals surface area contributed by atoms with Crippen LogP contribution in [0.5, 0.6) is 5.75 Å². The predicted molar refractivity (Wildman–Crippen MR) is 105 cm³/mol. The lowest BCUT2D eigenvalue weighted by Crippen LogP contribution is -2.38. The van der Waals surface area contributed by atoms with E-state index in [-0.39, 0.29) is 41.8 Å². The number of hydrogen-bond donors (Lipinski definition) is 4. The number of pyridine rings is 1. The highest BCUT2D eigenvalue weighted by atomic mass is 35.5. The van der Waals surface area contributed by atoms with Gasteiger partial charge in [0.25, 0.3) is 5.91 Å². The van der Waals surface area contributed by atoms with Crippen molar-refractivity contribution in [1.82, 2.24) is 10.3 Å². The molecule has 1 heterocycles. The van der Waals surface area contributed by atoms with Crippen LogP contribution in [0.25, 0.3) is 0 Å². The third-order valence-corrected chi connectivity index (χ3v) is 4.94. The summed E-state index contributed by atoms with van der Waals surface area (Å²) < 4.78 is 0. The molecular formula is C20H22ClN3O4. The van der Waals surface area contributed by atoms with Crippen LogP contribution in [-0.4, -0.2) is 39.2 Å². The van der Waals surface area contributed by atoms with Gasteiger partial charge in [0.15, 0.2) is 0 Å².